The molecule has 2 aromatic carbocycles. The zero-order valence-corrected chi connectivity index (χ0v) is 16.9. The van der Waals surface area contributed by atoms with Crippen molar-refractivity contribution in [1.82, 2.24) is 9.80 Å². The van der Waals surface area contributed by atoms with E-state index in [1.165, 1.54) is 5.56 Å². The lowest BCUT2D eigenvalue weighted by atomic mass is 9.96. The van der Waals surface area contributed by atoms with Gasteiger partial charge in [0.25, 0.3) is 0 Å². The number of nitrogens with zero attached hydrogens (tertiary/aromatic N) is 2. The summed E-state index contributed by atoms with van der Waals surface area (Å²) in [7, 11) is 0. The lowest BCUT2D eigenvalue weighted by Gasteiger charge is -2.43. The maximum absolute atomic E-state index is 10.8. The summed E-state index contributed by atoms with van der Waals surface area (Å²) in [6.45, 7) is 4.25. The van der Waals surface area contributed by atoms with Crippen molar-refractivity contribution in [2.24, 2.45) is 0 Å². The summed E-state index contributed by atoms with van der Waals surface area (Å²) in [4.78, 5) is 4.71. The van der Waals surface area contributed by atoms with Crippen LogP contribution in [0, 0.1) is 11.8 Å². The number of benzene rings is 2. The van der Waals surface area contributed by atoms with Gasteiger partial charge in [0.1, 0.15) is 0 Å². The molecule has 0 spiro atoms. The maximum Gasteiger partial charge on any atom is 0.0822 e. The highest BCUT2D eigenvalue weighted by Crippen LogP contribution is 2.23. The molecular formula is C25H30N2O2. The van der Waals surface area contributed by atoms with Crippen molar-refractivity contribution in [3.63, 3.8) is 0 Å². The molecule has 2 N–H and O–H groups in total. The molecule has 4 heteroatoms. The van der Waals surface area contributed by atoms with E-state index in [9.17, 15) is 10.2 Å². The summed E-state index contributed by atoms with van der Waals surface area (Å²) >= 11 is 0. The third-order valence-electron chi connectivity index (χ3n) is 6.13. The van der Waals surface area contributed by atoms with Crippen molar-refractivity contribution in [3.8, 4) is 11.8 Å². The second kappa shape index (κ2) is 9.56. The highest BCUT2D eigenvalue weighted by molar-refractivity contribution is 5.46. The number of aliphatic hydroxyl groups excluding tert-OH is 2. The average Bonchev–Trinajstić information content (AvgIpc) is 2.75. The van der Waals surface area contributed by atoms with Crippen LogP contribution in [-0.2, 0) is 6.54 Å². The Bertz CT molecular complexity index is 850. The molecule has 4 rings (SSSR count). The monoisotopic (exact) mass is 390 g/mol. The second-order valence-electron chi connectivity index (χ2n) is 8.20. The van der Waals surface area contributed by atoms with Gasteiger partial charge in [-0.3, -0.25) is 9.80 Å². The topological polar surface area (TPSA) is 46.9 Å². The molecule has 2 aliphatic heterocycles. The Balaban J connectivity index is 1.39. The van der Waals surface area contributed by atoms with Crippen LogP contribution < -0.4 is 0 Å². The molecule has 29 heavy (non-hydrogen) atoms. The number of hydrogen-bond donors (Lipinski definition) is 2. The number of aliphatic hydroxyl groups is 2. The van der Waals surface area contributed by atoms with E-state index in [2.05, 4.69) is 39.8 Å². The normalized spacial score (nSPS) is 24.1. The lowest BCUT2D eigenvalue weighted by molar-refractivity contribution is -0.0355. The fourth-order valence-electron chi connectivity index (χ4n) is 4.45. The van der Waals surface area contributed by atoms with Crippen LogP contribution in [0.2, 0.25) is 0 Å². The van der Waals surface area contributed by atoms with Crippen molar-refractivity contribution < 1.29 is 10.2 Å². The Hall–Kier alpha value is -2.16. The minimum absolute atomic E-state index is 0.169. The first-order chi connectivity index (χ1) is 14.2. The van der Waals surface area contributed by atoms with Gasteiger partial charge in [0.05, 0.1) is 12.2 Å². The van der Waals surface area contributed by atoms with Crippen molar-refractivity contribution in [1.29, 1.82) is 0 Å². The van der Waals surface area contributed by atoms with Gasteiger partial charge in [-0.1, -0.05) is 48.2 Å². The molecule has 0 unspecified atom stereocenters. The number of hydrogen-bond acceptors (Lipinski definition) is 4. The first-order valence-electron chi connectivity index (χ1n) is 10.7. The molecule has 0 aromatic heterocycles. The van der Waals surface area contributed by atoms with E-state index < -0.39 is 0 Å². The van der Waals surface area contributed by atoms with Gasteiger partial charge in [0.2, 0.25) is 0 Å². The van der Waals surface area contributed by atoms with Gasteiger partial charge in [-0.15, -0.1) is 0 Å². The van der Waals surface area contributed by atoms with Crippen LogP contribution in [0.4, 0.5) is 0 Å². The first-order valence-corrected chi connectivity index (χ1v) is 10.7. The van der Waals surface area contributed by atoms with E-state index in [-0.39, 0.29) is 18.2 Å². The Morgan fingerprint density at radius 3 is 2.31 bits per heavy atom. The predicted molar refractivity (Wildman–Crippen MR) is 115 cm³/mol. The van der Waals surface area contributed by atoms with Gasteiger partial charge in [0.15, 0.2) is 0 Å². The van der Waals surface area contributed by atoms with Crippen LogP contribution in [-0.4, -0.2) is 64.4 Å². The van der Waals surface area contributed by atoms with E-state index in [1.807, 2.05) is 36.4 Å². The van der Waals surface area contributed by atoms with E-state index in [0.29, 0.717) is 6.54 Å². The molecule has 2 aliphatic rings. The SMILES string of the molecule is OC1CCN([C@@H]2CCN(Cc3ccccc3C#Cc3ccccc3)C[C@H]2O)CC1. The van der Waals surface area contributed by atoms with Gasteiger partial charge in [-0.2, -0.15) is 0 Å². The highest BCUT2D eigenvalue weighted by Gasteiger charge is 2.33. The van der Waals surface area contributed by atoms with Crippen LogP contribution >= 0.6 is 0 Å². The fraction of sp³-hybridized carbons (Fsp3) is 0.440. The number of β-amino-alcohol motifs (C(OH)–C–C–N with tert-alkyl or cyclic N) is 1. The summed E-state index contributed by atoms with van der Waals surface area (Å²) < 4.78 is 0. The molecule has 0 aliphatic carbocycles. The van der Waals surface area contributed by atoms with Gasteiger partial charge in [0, 0.05) is 49.9 Å². The molecule has 2 aromatic rings. The fourth-order valence-corrected chi connectivity index (χ4v) is 4.45. The van der Waals surface area contributed by atoms with Crippen molar-refractivity contribution in [2.75, 3.05) is 26.2 Å². The predicted octanol–water partition coefficient (Wildman–Crippen LogP) is 2.48. The summed E-state index contributed by atoms with van der Waals surface area (Å²) in [5, 5.41) is 20.5. The first kappa shape index (κ1) is 20.1. The largest absolute Gasteiger partial charge is 0.393 e. The third kappa shape index (κ3) is 5.26. The van der Waals surface area contributed by atoms with Gasteiger partial charge < -0.3 is 10.2 Å². The quantitative estimate of drug-likeness (QED) is 0.791. The average molecular weight is 391 g/mol. The standard InChI is InChI=1S/C25H30N2O2/c28-23-12-16-27(17-13-23)24-14-15-26(19-25(24)29)18-22-9-5-4-8-21(22)11-10-20-6-2-1-3-7-20/h1-9,23-25,28-29H,12-19H2/t24-,25-/m1/s1. The number of piperidine rings is 2. The minimum Gasteiger partial charge on any atom is -0.393 e. The van der Waals surface area contributed by atoms with E-state index in [1.54, 1.807) is 0 Å². The number of likely N-dealkylation sites (tertiary alicyclic amines) is 2. The lowest BCUT2D eigenvalue weighted by Crippen LogP contribution is -2.55. The Labute approximate surface area is 173 Å². The molecule has 2 heterocycles. The highest BCUT2D eigenvalue weighted by atomic mass is 16.3. The molecule has 0 amide bonds. The maximum atomic E-state index is 10.8. The molecule has 2 fully saturated rings. The molecule has 4 nitrogen and oxygen atoms in total. The summed E-state index contributed by atoms with van der Waals surface area (Å²) in [6.07, 6.45) is 2.09. The molecule has 0 bridgehead atoms. The molecule has 152 valence electrons. The van der Waals surface area contributed by atoms with Crippen LogP contribution in [0.3, 0.4) is 0 Å². The van der Waals surface area contributed by atoms with Crippen LogP contribution in [0.5, 0.6) is 0 Å². The second-order valence-corrected chi connectivity index (χ2v) is 8.20. The van der Waals surface area contributed by atoms with Gasteiger partial charge in [-0.25, -0.2) is 0 Å². The minimum atomic E-state index is -0.346. The molecule has 0 radical (unpaired) electrons. The summed E-state index contributed by atoms with van der Waals surface area (Å²) in [6, 6.07) is 18.6. The smallest absolute Gasteiger partial charge is 0.0822 e. The Morgan fingerprint density at radius 2 is 1.55 bits per heavy atom. The summed E-state index contributed by atoms with van der Waals surface area (Å²) in [5.41, 5.74) is 3.28. The Morgan fingerprint density at radius 1 is 0.828 bits per heavy atom. The van der Waals surface area contributed by atoms with Crippen molar-refractivity contribution in [3.05, 3.63) is 71.3 Å². The Kier molecular flexibility index (Phi) is 6.63. The molecule has 0 saturated carbocycles. The van der Waals surface area contributed by atoms with Crippen molar-refractivity contribution in [2.45, 2.75) is 44.1 Å². The third-order valence-corrected chi connectivity index (χ3v) is 6.13. The van der Waals surface area contributed by atoms with Gasteiger partial charge >= 0.3 is 0 Å². The van der Waals surface area contributed by atoms with E-state index >= 15 is 0 Å². The van der Waals surface area contributed by atoms with Crippen LogP contribution in [0.25, 0.3) is 0 Å². The number of rotatable bonds is 3. The summed E-state index contributed by atoms with van der Waals surface area (Å²) in [5.74, 6) is 6.58. The zero-order chi connectivity index (χ0) is 20.1. The molecule has 2 atom stereocenters. The zero-order valence-electron chi connectivity index (χ0n) is 16.9. The van der Waals surface area contributed by atoms with E-state index in [0.717, 1.165) is 56.6 Å². The molecule has 2 saturated heterocycles. The van der Waals surface area contributed by atoms with Crippen LogP contribution in [0.1, 0.15) is 36.0 Å². The van der Waals surface area contributed by atoms with Gasteiger partial charge in [-0.05, 0) is 43.0 Å². The molecular weight excluding hydrogens is 360 g/mol. The van der Waals surface area contributed by atoms with E-state index in [4.69, 9.17) is 0 Å². The van der Waals surface area contributed by atoms with Crippen molar-refractivity contribution >= 4 is 0 Å². The van der Waals surface area contributed by atoms with Crippen LogP contribution in [0.15, 0.2) is 54.6 Å².